The lowest BCUT2D eigenvalue weighted by molar-refractivity contribution is -0.116. The Morgan fingerprint density at radius 2 is 2.08 bits per heavy atom. The van der Waals surface area contributed by atoms with Gasteiger partial charge in [0.2, 0.25) is 5.91 Å². The standard InChI is InChI=1S/C19H15BrFN3O/c20-16-7-8-17(21)14(12-16)6-9-19(25)22-13-15-4-1-2-5-18(15)24-11-3-10-23-24/h1-12H,13H2,(H,22,25)/b9-6+. The quantitative estimate of drug-likeness (QED) is 0.656. The van der Waals surface area contributed by atoms with E-state index in [2.05, 4.69) is 26.3 Å². The molecule has 1 amide bonds. The molecule has 0 spiro atoms. The fourth-order valence-corrected chi connectivity index (χ4v) is 2.72. The highest BCUT2D eigenvalue weighted by Gasteiger charge is 2.05. The number of hydrogen-bond acceptors (Lipinski definition) is 2. The summed E-state index contributed by atoms with van der Waals surface area (Å²) in [5, 5.41) is 7.02. The van der Waals surface area contributed by atoms with Crippen LogP contribution in [0.4, 0.5) is 4.39 Å². The van der Waals surface area contributed by atoms with Gasteiger partial charge in [-0.3, -0.25) is 4.79 Å². The summed E-state index contributed by atoms with van der Waals surface area (Å²) in [5.41, 5.74) is 2.18. The molecule has 4 nitrogen and oxygen atoms in total. The zero-order valence-electron chi connectivity index (χ0n) is 13.2. The zero-order valence-corrected chi connectivity index (χ0v) is 14.8. The highest BCUT2D eigenvalue weighted by molar-refractivity contribution is 9.10. The molecule has 3 aromatic rings. The molecule has 2 aromatic carbocycles. The van der Waals surface area contributed by atoms with Crippen LogP contribution in [0.2, 0.25) is 0 Å². The van der Waals surface area contributed by atoms with Crippen LogP contribution in [-0.2, 0) is 11.3 Å². The van der Waals surface area contributed by atoms with Gasteiger partial charge in [0.05, 0.1) is 5.69 Å². The minimum Gasteiger partial charge on any atom is -0.348 e. The summed E-state index contributed by atoms with van der Waals surface area (Å²) >= 11 is 3.28. The molecule has 0 bridgehead atoms. The van der Waals surface area contributed by atoms with Crippen molar-refractivity contribution < 1.29 is 9.18 Å². The Morgan fingerprint density at radius 3 is 2.88 bits per heavy atom. The van der Waals surface area contributed by atoms with Gasteiger partial charge in [0.15, 0.2) is 0 Å². The van der Waals surface area contributed by atoms with Crippen molar-refractivity contribution in [3.05, 3.63) is 88.4 Å². The molecule has 0 unspecified atom stereocenters. The summed E-state index contributed by atoms with van der Waals surface area (Å²) in [6.45, 7) is 0.347. The summed E-state index contributed by atoms with van der Waals surface area (Å²) in [4.78, 5) is 12.0. The molecule has 0 atom stereocenters. The van der Waals surface area contributed by atoms with E-state index in [4.69, 9.17) is 0 Å². The first-order valence-electron chi connectivity index (χ1n) is 7.62. The first-order valence-corrected chi connectivity index (χ1v) is 8.41. The van der Waals surface area contributed by atoms with E-state index in [1.807, 2.05) is 36.5 Å². The Labute approximate surface area is 153 Å². The largest absolute Gasteiger partial charge is 0.348 e. The summed E-state index contributed by atoms with van der Waals surface area (Å²) in [6.07, 6.45) is 6.32. The monoisotopic (exact) mass is 399 g/mol. The second-order valence-corrected chi connectivity index (χ2v) is 6.21. The van der Waals surface area contributed by atoms with Crippen LogP contribution in [0.3, 0.4) is 0 Å². The molecule has 1 aromatic heterocycles. The number of nitrogens with zero attached hydrogens (tertiary/aromatic N) is 2. The fourth-order valence-electron chi connectivity index (χ4n) is 2.34. The molecule has 0 radical (unpaired) electrons. The fraction of sp³-hybridized carbons (Fsp3) is 0.0526. The minimum absolute atomic E-state index is 0.297. The number of carbonyl (C=O) groups excluding carboxylic acids is 1. The molecule has 0 aliphatic heterocycles. The normalized spacial score (nSPS) is 11.0. The van der Waals surface area contributed by atoms with Gasteiger partial charge in [0.1, 0.15) is 5.82 Å². The van der Waals surface area contributed by atoms with E-state index in [1.165, 1.54) is 18.2 Å². The van der Waals surface area contributed by atoms with E-state index in [-0.39, 0.29) is 11.7 Å². The van der Waals surface area contributed by atoms with Crippen molar-refractivity contribution in [1.82, 2.24) is 15.1 Å². The van der Waals surface area contributed by atoms with Crippen molar-refractivity contribution in [3.63, 3.8) is 0 Å². The van der Waals surface area contributed by atoms with E-state index in [1.54, 1.807) is 23.0 Å². The van der Waals surface area contributed by atoms with Gasteiger partial charge in [-0.25, -0.2) is 9.07 Å². The maximum Gasteiger partial charge on any atom is 0.244 e. The number of carbonyl (C=O) groups is 1. The predicted octanol–water partition coefficient (Wildman–Crippen LogP) is 4.10. The van der Waals surface area contributed by atoms with Crippen molar-refractivity contribution in [1.29, 1.82) is 0 Å². The average Bonchev–Trinajstić information content (AvgIpc) is 3.15. The summed E-state index contributed by atoms with van der Waals surface area (Å²) < 4.78 is 16.2. The van der Waals surface area contributed by atoms with Crippen LogP contribution in [0.5, 0.6) is 0 Å². The Kier molecular flexibility index (Phi) is 5.40. The number of aromatic nitrogens is 2. The molecular formula is C19H15BrFN3O. The second kappa shape index (κ2) is 7.90. The number of amides is 1. The van der Waals surface area contributed by atoms with E-state index in [0.717, 1.165) is 15.7 Å². The van der Waals surface area contributed by atoms with Crippen molar-refractivity contribution in [2.75, 3.05) is 0 Å². The summed E-state index contributed by atoms with van der Waals surface area (Å²) in [5.74, 6) is -0.675. The number of hydrogen-bond donors (Lipinski definition) is 1. The van der Waals surface area contributed by atoms with Crippen LogP contribution in [-0.4, -0.2) is 15.7 Å². The maximum atomic E-state index is 13.7. The Bertz CT molecular complexity index is 907. The number of nitrogens with one attached hydrogen (secondary N) is 1. The van der Waals surface area contributed by atoms with Crippen LogP contribution in [0, 0.1) is 5.82 Å². The molecular weight excluding hydrogens is 385 g/mol. The van der Waals surface area contributed by atoms with Gasteiger partial charge in [-0.05, 0) is 42.0 Å². The highest BCUT2D eigenvalue weighted by Crippen LogP contribution is 2.17. The van der Waals surface area contributed by atoms with Gasteiger partial charge in [0, 0.05) is 35.1 Å². The number of para-hydroxylation sites is 1. The molecule has 0 saturated carbocycles. The third-order valence-electron chi connectivity index (χ3n) is 3.57. The highest BCUT2D eigenvalue weighted by atomic mass is 79.9. The molecule has 0 saturated heterocycles. The van der Waals surface area contributed by atoms with Gasteiger partial charge in [0.25, 0.3) is 0 Å². The molecule has 126 valence electrons. The third-order valence-corrected chi connectivity index (χ3v) is 4.06. The van der Waals surface area contributed by atoms with Gasteiger partial charge in [-0.1, -0.05) is 34.1 Å². The van der Waals surface area contributed by atoms with Gasteiger partial charge in [-0.2, -0.15) is 5.10 Å². The topological polar surface area (TPSA) is 46.9 Å². The predicted molar refractivity (Wildman–Crippen MR) is 98.5 cm³/mol. The Balaban J connectivity index is 1.67. The first kappa shape index (κ1) is 17.1. The van der Waals surface area contributed by atoms with E-state index in [9.17, 15) is 9.18 Å². The van der Waals surface area contributed by atoms with E-state index < -0.39 is 0 Å². The molecule has 0 fully saturated rings. The summed E-state index contributed by atoms with van der Waals surface area (Å²) in [6, 6.07) is 14.1. The first-order chi connectivity index (χ1) is 12.1. The molecule has 6 heteroatoms. The van der Waals surface area contributed by atoms with Gasteiger partial charge < -0.3 is 5.32 Å². The van der Waals surface area contributed by atoms with Crippen LogP contribution in [0.1, 0.15) is 11.1 Å². The van der Waals surface area contributed by atoms with Crippen molar-refractivity contribution in [3.8, 4) is 5.69 Å². The maximum absolute atomic E-state index is 13.7. The third kappa shape index (κ3) is 4.42. The number of benzene rings is 2. The smallest absolute Gasteiger partial charge is 0.244 e. The van der Waals surface area contributed by atoms with E-state index in [0.29, 0.717) is 12.1 Å². The average molecular weight is 400 g/mol. The summed E-state index contributed by atoms with van der Waals surface area (Å²) in [7, 11) is 0. The van der Waals surface area contributed by atoms with Crippen molar-refractivity contribution >= 4 is 27.9 Å². The Hall–Kier alpha value is -2.73. The molecule has 0 aliphatic rings. The molecule has 1 N–H and O–H groups in total. The molecule has 0 aliphatic carbocycles. The van der Waals surface area contributed by atoms with Crippen LogP contribution >= 0.6 is 15.9 Å². The SMILES string of the molecule is O=C(/C=C/c1cc(Br)ccc1F)NCc1ccccc1-n1cccn1. The lowest BCUT2D eigenvalue weighted by atomic mass is 10.1. The van der Waals surface area contributed by atoms with Crippen LogP contribution < -0.4 is 5.32 Å². The second-order valence-electron chi connectivity index (χ2n) is 5.30. The zero-order chi connectivity index (χ0) is 17.6. The van der Waals surface area contributed by atoms with Gasteiger partial charge in [-0.15, -0.1) is 0 Å². The van der Waals surface area contributed by atoms with Crippen LogP contribution in [0.25, 0.3) is 11.8 Å². The minimum atomic E-state index is -0.378. The molecule has 3 rings (SSSR count). The molecule has 1 heterocycles. The number of rotatable bonds is 5. The lowest BCUT2D eigenvalue weighted by Gasteiger charge is -2.09. The van der Waals surface area contributed by atoms with Crippen LogP contribution in [0.15, 0.2) is 71.5 Å². The molecule has 25 heavy (non-hydrogen) atoms. The van der Waals surface area contributed by atoms with Crippen molar-refractivity contribution in [2.24, 2.45) is 0 Å². The Morgan fingerprint density at radius 1 is 1.24 bits per heavy atom. The van der Waals surface area contributed by atoms with Crippen molar-refractivity contribution in [2.45, 2.75) is 6.54 Å². The lowest BCUT2D eigenvalue weighted by Crippen LogP contribution is -2.21. The number of halogens is 2. The van der Waals surface area contributed by atoms with E-state index >= 15 is 0 Å². The van der Waals surface area contributed by atoms with Gasteiger partial charge >= 0.3 is 0 Å².